The van der Waals surface area contributed by atoms with Gasteiger partial charge in [0.05, 0.1) is 6.10 Å². The van der Waals surface area contributed by atoms with E-state index in [9.17, 15) is 0 Å². The van der Waals surface area contributed by atoms with Crippen molar-refractivity contribution >= 4 is 11.8 Å². The molecule has 0 aliphatic carbocycles. The molecule has 2 fully saturated rings. The summed E-state index contributed by atoms with van der Waals surface area (Å²) in [6, 6.07) is 2.62. The minimum Gasteiger partial charge on any atom is -0.376 e. The van der Waals surface area contributed by atoms with E-state index in [0.717, 1.165) is 50.0 Å². The van der Waals surface area contributed by atoms with Crippen LogP contribution in [0.2, 0.25) is 0 Å². The Kier molecular flexibility index (Phi) is 5.13. The Balaban J connectivity index is 1.70. The third kappa shape index (κ3) is 3.69. The average molecular weight is 304 g/mol. The number of rotatable bonds is 5. The molecule has 0 aromatic carbocycles. The average Bonchev–Trinajstić information content (AvgIpc) is 3.06. The summed E-state index contributed by atoms with van der Waals surface area (Å²) in [7, 11) is 0. The molecule has 2 unspecified atom stereocenters. The molecule has 3 rings (SSSR count). The van der Waals surface area contributed by atoms with Crippen LogP contribution in [0, 0.1) is 6.92 Å². The zero-order chi connectivity index (χ0) is 15.4. The maximum absolute atomic E-state index is 5.67. The Morgan fingerprint density at radius 2 is 2.18 bits per heavy atom. The van der Waals surface area contributed by atoms with Crippen molar-refractivity contribution in [3.8, 4) is 0 Å². The molecule has 2 atom stereocenters. The Bertz CT molecular complexity index is 488. The van der Waals surface area contributed by atoms with Crippen LogP contribution in [0.25, 0.3) is 0 Å². The van der Waals surface area contributed by atoms with Gasteiger partial charge in [-0.3, -0.25) is 0 Å². The van der Waals surface area contributed by atoms with Crippen LogP contribution in [0.15, 0.2) is 6.07 Å². The summed E-state index contributed by atoms with van der Waals surface area (Å²) in [5, 5.41) is 3.44. The minimum absolute atomic E-state index is 0.331. The molecule has 1 aromatic rings. The van der Waals surface area contributed by atoms with Gasteiger partial charge in [-0.25, -0.2) is 4.98 Å². The number of anilines is 2. The zero-order valence-corrected chi connectivity index (χ0v) is 13.8. The molecule has 0 amide bonds. The van der Waals surface area contributed by atoms with Gasteiger partial charge in [-0.2, -0.15) is 4.98 Å². The molecule has 1 aromatic heterocycles. The molecule has 3 heterocycles. The lowest BCUT2D eigenvalue weighted by atomic mass is 10.0. The van der Waals surface area contributed by atoms with Crippen LogP contribution in [0.4, 0.5) is 11.8 Å². The van der Waals surface area contributed by atoms with Crippen molar-refractivity contribution in [2.75, 3.05) is 29.9 Å². The highest BCUT2D eigenvalue weighted by atomic mass is 16.5. The van der Waals surface area contributed by atoms with E-state index in [1.54, 1.807) is 0 Å². The molecule has 1 N–H and O–H groups in total. The van der Waals surface area contributed by atoms with E-state index >= 15 is 0 Å². The largest absolute Gasteiger partial charge is 0.376 e. The summed E-state index contributed by atoms with van der Waals surface area (Å²) in [6.45, 7) is 7.12. The Morgan fingerprint density at radius 3 is 2.95 bits per heavy atom. The van der Waals surface area contributed by atoms with E-state index in [0.29, 0.717) is 12.1 Å². The minimum atomic E-state index is 0.331. The number of hydrogen-bond acceptors (Lipinski definition) is 5. The lowest BCUT2D eigenvalue weighted by molar-refractivity contribution is 0.120. The van der Waals surface area contributed by atoms with Crippen molar-refractivity contribution < 1.29 is 4.74 Å². The van der Waals surface area contributed by atoms with E-state index < -0.39 is 0 Å². The standard InChI is InChI=1S/C17H28N4O/c1-3-14-7-4-5-9-21(14)17-19-13(2)11-16(20-17)18-12-15-8-6-10-22-15/h11,14-15H,3-10,12H2,1-2H3,(H,18,19,20). The second-order valence-electron chi connectivity index (χ2n) is 6.46. The van der Waals surface area contributed by atoms with E-state index in [1.165, 1.54) is 25.7 Å². The predicted molar refractivity (Wildman–Crippen MR) is 89.5 cm³/mol. The van der Waals surface area contributed by atoms with Gasteiger partial charge in [-0.05, 0) is 45.4 Å². The van der Waals surface area contributed by atoms with Crippen molar-refractivity contribution in [1.82, 2.24) is 9.97 Å². The molecular weight excluding hydrogens is 276 g/mol. The van der Waals surface area contributed by atoms with Crippen molar-refractivity contribution in [2.45, 2.75) is 64.5 Å². The number of nitrogens with one attached hydrogen (secondary N) is 1. The van der Waals surface area contributed by atoms with Gasteiger partial charge in [0.1, 0.15) is 5.82 Å². The van der Waals surface area contributed by atoms with Crippen LogP contribution < -0.4 is 10.2 Å². The highest BCUT2D eigenvalue weighted by molar-refractivity contribution is 5.44. The molecule has 0 spiro atoms. The fourth-order valence-electron chi connectivity index (χ4n) is 3.48. The molecule has 0 bridgehead atoms. The number of ether oxygens (including phenoxy) is 1. The number of nitrogens with zero attached hydrogens (tertiary/aromatic N) is 3. The smallest absolute Gasteiger partial charge is 0.227 e. The fraction of sp³-hybridized carbons (Fsp3) is 0.765. The first-order chi connectivity index (χ1) is 10.8. The molecule has 2 aliphatic heterocycles. The first-order valence-corrected chi connectivity index (χ1v) is 8.74. The lowest BCUT2D eigenvalue weighted by Crippen LogP contribution is -2.40. The summed E-state index contributed by atoms with van der Waals surface area (Å²) < 4.78 is 5.67. The molecule has 0 radical (unpaired) electrons. The molecule has 2 aliphatic rings. The summed E-state index contributed by atoms with van der Waals surface area (Å²) in [6.07, 6.45) is 7.64. The van der Waals surface area contributed by atoms with E-state index in [1.807, 2.05) is 13.0 Å². The van der Waals surface area contributed by atoms with Gasteiger partial charge in [-0.15, -0.1) is 0 Å². The molecule has 5 nitrogen and oxygen atoms in total. The van der Waals surface area contributed by atoms with Crippen LogP contribution in [-0.2, 0) is 4.74 Å². The Morgan fingerprint density at radius 1 is 1.27 bits per heavy atom. The quantitative estimate of drug-likeness (QED) is 0.905. The van der Waals surface area contributed by atoms with Crippen molar-refractivity contribution in [3.05, 3.63) is 11.8 Å². The van der Waals surface area contributed by atoms with Crippen LogP contribution in [0.5, 0.6) is 0 Å². The topological polar surface area (TPSA) is 50.3 Å². The van der Waals surface area contributed by atoms with Crippen LogP contribution in [0.3, 0.4) is 0 Å². The molecule has 2 saturated heterocycles. The van der Waals surface area contributed by atoms with Gasteiger partial charge in [0.25, 0.3) is 0 Å². The Hall–Kier alpha value is -1.36. The fourth-order valence-corrected chi connectivity index (χ4v) is 3.48. The van der Waals surface area contributed by atoms with Crippen LogP contribution in [0.1, 0.15) is 51.1 Å². The van der Waals surface area contributed by atoms with Crippen LogP contribution >= 0.6 is 0 Å². The van der Waals surface area contributed by atoms with E-state index in [-0.39, 0.29) is 0 Å². The van der Waals surface area contributed by atoms with Gasteiger partial charge < -0.3 is 15.0 Å². The second kappa shape index (κ2) is 7.27. The molecule has 22 heavy (non-hydrogen) atoms. The lowest BCUT2D eigenvalue weighted by Gasteiger charge is -2.35. The van der Waals surface area contributed by atoms with Crippen LogP contribution in [-0.4, -0.2) is 41.8 Å². The first-order valence-electron chi connectivity index (χ1n) is 8.74. The van der Waals surface area contributed by atoms with Gasteiger partial charge in [-0.1, -0.05) is 6.92 Å². The highest BCUT2D eigenvalue weighted by Crippen LogP contribution is 2.25. The maximum Gasteiger partial charge on any atom is 0.227 e. The molecular formula is C17H28N4O. The number of aryl methyl sites for hydroxylation is 1. The van der Waals surface area contributed by atoms with Gasteiger partial charge in [0, 0.05) is 37.5 Å². The highest BCUT2D eigenvalue weighted by Gasteiger charge is 2.23. The van der Waals surface area contributed by atoms with E-state index in [2.05, 4.69) is 22.1 Å². The third-order valence-electron chi connectivity index (χ3n) is 4.73. The second-order valence-corrected chi connectivity index (χ2v) is 6.46. The monoisotopic (exact) mass is 304 g/mol. The number of aromatic nitrogens is 2. The number of hydrogen-bond donors (Lipinski definition) is 1. The van der Waals surface area contributed by atoms with Gasteiger partial charge in [0.15, 0.2) is 0 Å². The summed E-state index contributed by atoms with van der Waals surface area (Å²) in [5.41, 5.74) is 1.03. The van der Waals surface area contributed by atoms with Gasteiger partial charge in [0.2, 0.25) is 5.95 Å². The van der Waals surface area contributed by atoms with Crippen molar-refractivity contribution in [2.24, 2.45) is 0 Å². The number of piperidine rings is 1. The molecule has 5 heteroatoms. The third-order valence-corrected chi connectivity index (χ3v) is 4.73. The first kappa shape index (κ1) is 15.5. The predicted octanol–water partition coefficient (Wildman–Crippen LogP) is 3.14. The van der Waals surface area contributed by atoms with Gasteiger partial charge >= 0.3 is 0 Å². The SMILES string of the molecule is CCC1CCCCN1c1nc(C)cc(NCC2CCCO2)n1. The normalized spacial score (nSPS) is 25.5. The summed E-state index contributed by atoms with van der Waals surface area (Å²) in [4.78, 5) is 11.8. The summed E-state index contributed by atoms with van der Waals surface area (Å²) in [5.74, 6) is 1.82. The molecule has 122 valence electrons. The van der Waals surface area contributed by atoms with E-state index in [4.69, 9.17) is 9.72 Å². The summed E-state index contributed by atoms with van der Waals surface area (Å²) >= 11 is 0. The Labute approximate surface area is 133 Å². The van der Waals surface area contributed by atoms with Crippen molar-refractivity contribution in [1.29, 1.82) is 0 Å². The molecule has 0 saturated carbocycles. The maximum atomic E-state index is 5.67. The van der Waals surface area contributed by atoms with Crippen molar-refractivity contribution in [3.63, 3.8) is 0 Å². The zero-order valence-electron chi connectivity index (χ0n) is 13.8.